The van der Waals surface area contributed by atoms with Crippen LogP contribution in [0.25, 0.3) is 43.6 Å². The van der Waals surface area contributed by atoms with Gasteiger partial charge in [-0.25, -0.2) is 20.3 Å². The lowest BCUT2D eigenvalue weighted by Gasteiger charge is -2.49. The van der Waals surface area contributed by atoms with Crippen molar-refractivity contribution in [2.75, 3.05) is 147 Å². The van der Waals surface area contributed by atoms with E-state index >= 15 is 0 Å². The number of hydroxylamine groups is 8. The van der Waals surface area contributed by atoms with Crippen LogP contribution in [0.3, 0.4) is 0 Å². The molecule has 5 fully saturated rings. The van der Waals surface area contributed by atoms with Crippen LogP contribution in [0.5, 0.6) is 11.5 Å². The van der Waals surface area contributed by atoms with E-state index in [1.807, 2.05) is 122 Å². The molecule has 2 atom stereocenters. The van der Waals surface area contributed by atoms with Crippen molar-refractivity contribution < 1.29 is 52.7 Å². The monoisotopic (exact) mass is 1710 g/mol. The number of carbonyl (C=O) groups excluding carboxylic acids is 4. The number of fused-ring (bicyclic) bond motifs is 7. The Bertz CT molecular complexity index is 5310. The zero-order valence-corrected chi connectivity index (χ0v) is 74.7. The normalized spacial score (nSPS) is 17.6. The number of benzene rings is 7. The van der Waals surface area contributed by atoms with Gasteiger partial charge < -0.3 is 42.3 Å². The first kappa shape index (κ1) is 90.2. The Labute approximate surface area is 735 Å². The highest BCUT2D eigenvalue weighted by molar-refractivity contribution is 6.32. The Morgan fingerprint density at radius 1 is 0.403 bits per heavy atom. The van der Waals surface area contributed by atoms with Crippen LogP contribution in [-0.4, -0.2) is 248 Å². The molecular formula is C99H126ClN13O11. The molecule has 0 N–H and O–H groups in total. The molecule has 9 heterocycles. The van der Waals surface area contributed by atoms with Crippen molar-refractivity contribution in [3.05, 3.63) is 233 Å². The first-order valence-electron chi connectivity index (χ1n) is 44.5. The molecule has 4 amide bonds. The van der Waals surface area contributed by atoms with Crippen LogP contribution >= 0.6 is 11.6 Å². The van der Waals surface area contributed by atoms with Gasteiger partial charge in [0, 0.05) is 213 Å². The molecule has 24 nitrogen and oxygen atoms in total. The summed E-state index contributed by atoms with van der Waals surface area (Å²) in [5.41, 5.74) is 11.2. The number of amides is 4. The topological polar surface area (TPSA) is 182 Å². The van der Waals surface area contributed by atoms with E-state index in [1.165, 1.54) is 110 Å². The molecule has 2 bridgehead atoms. The predicted molar refractivity (Wildman–Crippen MR) is 491 cm³/mol. The lowest BCUT2D eigenvalue weighted by Crippen LogP contribution is -2.54. The number of para-hydroxylation sites is 5. The third-order valence-corrected chi connectivity index (χ3v) is 26.1. The van der Waals surface area contributed by atoms with Gasteiger partial charge in [0.25, 0.3) is 23.6 Å². The second kappa shape index (κ2) is 43.7. The van der Waals surface area contributed by atoms with E-state index in [0.29, 0.717) is 45.5 Å². The number of methoxy groups -OCH3 is 1. The molecule has 660 valence electrons. The van der Waals surface area contributed by atoms with Crippen molar-refractivity contribution in [1.82, 2.24) is 58.1 Å². The molecule has 6 aliphatic rings. The summed E-state index contributed by atoms with van der Waals surface area (Å²) in [6.45, 7) is 17.2. The fraction of sp³-hybridized carbons (Fsp3) is 0.455. The maximum atomic E-state index is 12.8. The number of piperazine rings is 1. The average Bonchev–Trinajstić information content (AvgIpc) is 1.61. The van der Waals surface area contributed by atoms with Gasteiger partial charge in [-0.2, -0.15) is 0 Å². The number of piperidine rings is 3. The van der Waals surface area contributed by atoms with Gasteiger partial charge in [-0.15, -0.1) is 0 Å². The fourth-order valence-corrected chi connectivity index (χ4v) is 18.6. The van der Waals surface area contributed by atoms with Crippen molar-refractivity contribution in [1.29, 1.82) is 0 Å². The molecule has 11 aromatic rings. The zero-order chi connectivity index (χ0) is 86.6. The maximum absolute atomic E-state index is 12.8. The quantitative estimate of drug-likeness (QED) is 0.0374. The minimum atomic E-state index is -0.165. The summed E-state index contributed by atoms with van der Waals surface area (Å²) in [4.78, 5) is 84.0. The van der Waals surface area contributed by atoms with Crippen molar-refractivity contribution in [3.8, 4) is 11.5 Å². The van der Waals surface area contributed by atoms with Gasteiger partial charge in [-0.3, -0.25) is 53.2 Å². The molecule has 4 saturated heterocycles. The Balaban J connectivity index is 0.000000135. The summed E-state index contributed by atoms with van der Waals surface area (Å²) in [5.74, 6) is 1.84. The number of carbonyl (C=O) groups is 4. The fourth-order valence-electron chi connectivity index (χ4n) is 18.5. The molecule has 7 aromatic carbocycles. The number of nitrogens with zero attached hydrogens (tertiary/aromatic N) is 13. The number of aryl methyl sites for hydroxylation is 4. The predicted octanol–water partition coefficient (Wildman–Crippen LogP) is 16.6. The van der Waals surface area contributed by atoms with Crippen LogP contribution in [0.2, 0.25) is 5.02 Å². The molecule has 25 heteroatoms. The van der Waals surface area contributed by atoms with E-state index in [2.05, 4.69) is 116 Å². The third kappa shape index (κ3) is 22.6. The highest BCUT2D eigenvalue weighted by atomic mass is 35.5. The lowest BCUT2D eigenvalue weighted by atomic mass is 9.82. The maximum Gasteiger partial charge on any atom is 0.279 e. The Hall–Kier alpha value is -10.1. The van der Waals surface area contributed by atoms with Gasteiger partial charge in [0.2, 0.25) is 0 Å². The van der Waals surface area contributed by atoms with E-state index in [9.17, 15) is 19.2 Å². The lowest BCUT2D eigenvalue weighted by molar-refractivity contribution is -0.0756. The smallest absolute Gasteiger partial charge is 0.279 e. The second-order valence-electron chi connectivity index (χ2n) is 33.6. The first-order chi connectivity index (χ1) is 60.5. The summed E-state index contributed by atoms with van der Waals surface area (Å²) < 4.78 is 26.6. The number of halogens is 1. The summed E-state index contributed by atoms with van der Waals surface area (Å²) in [6.07, 6.45) is 25.0. The minimum absolute atomic E-state index is 0.106. The SMILES string of the molecule is CON(C)C(=O)c1cn(CCCN2C3CCCC2CC(OCC2CC2)C3)c2ccccc12.CON(C)C(=O)c1cn(CCCN2CCC(Oc3ccccc3Cl)CC2)c2ccccc12.CON(C)C(=O)c1cn(CCCN2CCN(c3ccccc3)CC2)c2ccccc12.COc1ccc2c(c1)c(C(=O)N(C)OC)cn2CCCN1CCc2ccccc2C1. The number of rotatable bonds is 31. The number of aromatic nitrogens is 4. The van der Waals surface area contributed by atoms with Gasteiger partial charge in [-0.05, 0) is 174 Å². The standard InChI is InChI=1S/C26H37N3O3.C25H30ClN3O3.C24H30N4O2.C24H29N3O3/c1-27(31-2)26(30)24-17-28(25-10-4-3-9-23(24)25)13-6-14-29-20-7-5-8-21(29)16-22(15-20)32-18-19-11-12-19;1-27(31-2)25(30)21-18-29(23-10-5-3-8-20(21)23)15-7-14-28-16-12-19(13-17-28)32-24-11-6-4-9-22(24)26;1-25(30-2)24(29)22-19-28(23-12-7-6-11-21(22)23)14-8-13-26-15-17-27(18-16-26)20-9-4-3-5-10-20;1-25(30-3)24(28)22-17-27(23-10-9-20(29-2)15-21(22)23)13-6-12-26-14-11-18-7-4-5-8-19(18)16-26/h3-4,9-10,17,19-22H,5-8,11-16,18H2,1-2H3;3-6,8-11,18-19H,7,12-17H2,1-2H3;3-7,9-12,19H,8,13-18H2,1-2H3;4-5,7-10,15,17H,6,11-14,16H2,1-3H3. The van der Waals surface area contributed by atoms with Crippen LogP contribution < -0.4 is 14.4 Å². The molecule has 4 aromatic heterocycles. The minimum Gasteiger partial charge on any atom is -0.497 e. The molecule has 124 heavy (non-hydrogen) atoms. The zero-order valence-electron chi connectivity index (χ0n) is 74.0. The number of hydrogen-bond acceptors (Lipinski definition) is 16. The number of anilines is 1. The number of likely N-dealkylation sites (tertiary alicyclic amines) is 1. The van der Waals surface area contributed by atoms with E-state index < -0.39 is 0 Å². The summed E-state index contributed by atoms with van der Waals surface area (Å²) in [7, 11) is 14.2. The van der Waals surface area contributed by atoms with E-state index in [1.54, 1.807) is 35.3 Å². The first-order valence-corrected chi connectivity index (χ1v) is 44.9. The molecule has 5 aliphatic heterocycles. The molecule has 0 radical (unpaired) electrons. The molecule has 17 rings (SSSR count). The van der Waals surface area contributed by atoms with Gasteiger partial charge in [-0.1, -0.05) is 127 Å². The molecular weight excluding hydrogens is 1580 g/mol. The van der Waals surface area contributed by atoms with Crippen LogP contribution in [0, 0.1) is 5.92 Å². The number of hydrogen-bond donors (Lipinski definition) is 0. The van der Waals surface area contributed by atoms with Crippen LogP contribution in [0.1, 0.15) is 136 Å². The van der Waals surface area contributed by atoms with Gasteiger partial charge in [0.05, 0.1) is 68.9 Å². The molecule has 2 unspecified atom stereocenters. The highest BCUT2D eigenvalue weighted by Gasteiger charge is 2.39. The van der Waals surface area contributed by atoms with Crippen molar-refractivity contribution in [2.24, 2.45) is 5.92 Å². The van der Waals surface area contributed by atoms with Crippen LogP contribution in [0.4, 0.5) is 5.69 Å². The Morgan fingerprint density at radius 2 is 0.831 bits per heavy atom. The Kier molecular flexibility index (Phi) is 31.8. The third-order valence-electron chi connectivity index (χ3n) is 25.8. The molecule has 1 saturated carbocycles. The van der Waals surface area contributed by atoms with E-state index in [-0.39, 0.29) is 29.7 Å². The van der Waals surface area contributed by atoms with E-state index in [0.717, 1.165) is 217 Å². The number of ether oxygens (including phenoxy) is 3. The second-order valence-corrected chi connectivity index (χ2v) is 34.0. The van der Waals surface area contributed by atoms with Gasteiger partial charge >= 0.3 is 0 Å². The van der Waals surface area contributed by atoms with Crippen LogP contribution in [-0.2, 0) is 63.2 Å². The Morgan fingerprint density at radius 3 is 1.31 bits per heavy atom. The summed E-state index contributed by atoms with van der Waals surface area (Å²) in [5, 5.41) is 9.57. The van der Waals surface area contributed by atoms with Gasteiger partial charge in [0.15, 0.2) is 0 Å². The average molecular weight is 1710 g/mol. The van der Waals surface area contributed by atoms with Crippen molar-refractivity contribution in [2.45, 2.75) is 147 Å². The van der Waals surface area contributed by atoms with Crippen LogP contribution in [0.15, 0.2) is 195 Å². The summed E-state index contributed by atoms with van der Waals surface area (Å²) >= 11 is 6.22. The molecule has 0 spiro atoms. The van der Waals surface area contributed by atoms with Gasteiger partial charge in [0.1, 0.15) is 17.6 Å². The largest absolute Gasteiger partial charge is 0.497 e. The van der Waals surface area contributed by atoms with Crippen molar-refractivity contribution in [3.63, 3.8) is 0 Å². The van der Waals surface area contributed by atoms with Crippen molar-refractivity contribution >= 4 is 84.5 Å². The molecule has 1 aliphatic carbocycles. The summed E-state index contributed by atoms with van der Waals surface area (Å²) in [6, 6.07) is 58.6. The highest BCUT2D eigenvalue weighted by Crippen LogP contribution is 2.39. The van der Waals surface area contributed by atoms with E-state index in [4.69, 9.17) is 45.2 Å².